The van der Waals surface area contributed by atoms with Gasteiger partial charge in [0.25, 0.3) is 0 Å². The molecule has 142 valence electrons. The summed E-state index contributed by atoms with van der Waals surface area (Å²) in [5.74, 6) is -0.109. The maximum absolute atomic E-state index is 12.8. The van der Waals surface area contributed by atoms with Crippen LogP contribution in [0.15, 0.2) is 54.6 Å². The van der Waals surface area contributed by atoms with E-state index in [9.17, 15) is 18.4 Å². The Balaban J connectivity index is 1.75. The van der Waals surface area contributed by atoms with Crippen molar-refractivity contribution >= 4 is 17.6 Å². The van der Waals surface area contributed by atoms with Crippen LogP contribution in [0.25, 0.3) is 0 Å². The highest BCUT2D eigenvalue weighted by Crippen LogP contribution is 2.27. The standard InChI is InChI=1S/C19H19F2N3O3/c20-18(21)27-15-8-6-14(7-9-15)23-19(26)24-11-10-22-17(25)12-16(24)13-4-2-1-3-5-13/h1-9,16,18H,10-12H2,(H,22,25)(H,23,26). The average Bonchev–Trinajstić information content (AvgIpc) is 2.85. The summed E-state index contributed by atoms with van der Waals surface area (Å²) in [4.78, 5) is 26.4. The first-order chi connectivity index (χ1) is 13.0. The minimum Gasteiger partial charge on any atom is -0.435 e. The first-order valence-corrected chi connectivity index (χ1v) is 8.47. The van der Waals surface area contributed by atoms with Crippen molar-refractivity contribution in [2.75, 3.05) is 18.4 Å². The van der Waals surface area contributed by atoms with Crippen LogP contribution in [-0.4, -0.2) is 36.5 Å². The topological polar surface area (TPSA) is 70.7 Å². The van der Waals surface area contributed by atoms with Gasteiger partial charge in [-0.2, -0.15) is 8.78 Å². The average molecular weight is 375 g/mol. The highest BCUT2D eigenvalue weighted by atomic mass is 19.3. The van der Waals surface area contributed by atoms with Crippen LogP contribution < -0.4 is 15.4 Å². The Kier molecular flexibility index (Phi) is 5.85. The van der Waals surface area contributed by atoms with E-state index < -0.39 is 12.7 Å². The third-order valence-electron chi connectivity index (χ3n) is 4.21. The minimum absolute atomic E-state index is 0.00901. The van der Waals surface area contributed by atoms with Gasteiger partial charge in [-0.1, -0.05) is 30.3 Å². The second-order valence-corrected chi connectivity index (χ2v) is 6.01. The molecule has 0 saturated carbocycles. The van der Waals surface area contributed by atoms with Crippen LogP contribution in [-0.2, 0) is 4.79 Å². The van der Waals surface area contributed by atoms with Gasteiger partial charge in [-0.05, 0) is 29.8 Å². The van der Waals surface area contributed by atoms with Gasteiger partial charge in [0, 0.05) is 18.8 Å². The summed E-state index contributed by atoms with van der Waals surface area (Å²) in [5.41, 5.74) is 1.31. The normalized spacial score (nSPS) is 17.2. The fraction of sp³-hybridized carbons (Fsp3) is 0.263. The summed E-state index contributed by atoms with van der Waals surface area (Å²) in [6.45, 7) is -2.19. The van der Waals surface area contributed by atoms with Gasteiger partial charge < -0.3 is 20.3 Å². The number of hydrogen-bond acceptors (Lipinski definition) is 3. The fourth-order valence-electron chi connectivity index (χ4n) is 2.96. The lowest BCUT2D eigenvalue weighted by Crippen LogP contribution is -2.39. The molecule has 1 aliphatic rings. The zero-order valence-electron chi connectivity index (χ0n) is 14.4. The Bertz CT molecular complexity index is 785. The van der Waals surface area contributed by atoms with Crippen molar-refractivity contribution in [3.63, 3.8) is 0 Å². The lowest BCUT2D eigenvalue weighted by Gasteiger charge is -2.29. The van der Waals surface area contributed by atoms with Crippen molar-refractivity contribution in [1.29, 1.82) is 0 Å². The van der Waals surface area contributed by atoms with Gasteiger partial charge in [-0.15, -0.1) is 0 Å². The quantitative estimate of drug-likeness (QED) is 0.861. The summed E-state index contributed by atoms with van der Waals surface area (Å²) in [5, 5.41) is 5.51. The molecule has 0 bridgehead atoms. The van der Waals surface area contributed by atoms with Crippen LogP contribution in [0.3, 0.4) is 0 Å². The third-order valence-corrected chi connectivity index (χ3v) is 4.21. The molecule has 1 unspecified atom stereocenters. The van der Waals surface area contributed by atoms with E-state index in [1.54, 1.807) is 4.90 Å². The maximum atomic E-state index is 12.8. The van der Waals surface area contributed by atoms with Crippen molar-refractivity contribution in [3.05, 3.63) is 60.2 Å². The largest absolute Gasteiger partial charge is 0.435 e. The van der Waals surface area contributed by atoms with E-state index in [2.05, 4.69) is 15.4 Å². The Hall–Kier alpha value is -3.16. The van der Waals surface area contributed by atoms with Crippen LogP contribution in [0, 0.1) is 0 Å². The first kappa shape index (κ1) is 18.6. The van der Waals surface area contributed by atoms with Crippen molar-refractivity contribution < 1.29 is 23.1 Å². The number of hydrogen-bond donors (Lipinski definition) is 2. The molecular formula is C19H19F2N3O3. The first-order valence-electron chi connectivity index (χ1n) is 8.47. The van der Waals surface area contributed by atoms with Gasteiger partial charge in [0.1, 0.15) is 5.75 Å². The summed E-state index contributed by atoms with van der Waals surface area (Å²) < 4.78 is 28.7. The zero-order valence-corrected chi connectivity index (χ0v) is 14.4. The summed E-state index contributed by atoms with van der Waals surface area (Å²) in [6.07, 6.45) is 0.165. The lowest BCUT2D eigenvalue weighted by molar-refractivity contribution is -0.121. The lowest BCUT2D eigenvalue weighted by atomic mass is 10.0. The van der Waals surface area contributed by atoms with Gasteiger partial charge in [-0.25, -0.2) is 4.79 Å². The predicted octanol–water partition coefficient (Wildman–Crippen LogP) is 3.38. The number of carbonyl (C=O) groups excluding carboxylic acids is 2. The van der Waals surface area contributed by atoms with E-state index in [4.69, 9.17) is 0 Å². The van der Waals surface area contributed by atoms with Gasteiger partial charge in [0.15, 0.2) is 0 Å². The van der Waals surface area contributed by atoms with Gasteiger partial charge in [0.2, 0.25) is 5.91 Å². The molecule has 1 heterocycles. The van der Waals surface area contributed by atoms with Crippen LogP contribution in [0.4, 0.5) is 19.3 Å². The molecule has 1 atom stereocenters. The number of nitrogens with one attached hydrogen (secondary N) is 2. The summed E-state index contributed by atoms with van der Waals surface area (Å²) >= 11 is 0. The molecule has 8 heteroatoms. The number of halogens is 2. The molecule has 2 N–H and O–H groups in total. The molecule has 1 fully saturated rings. The van der Waals surface area contributed by atoms with Gasteiger partial charge in [-0.3, -0.25) is 4.79 Å². The maximum Gasteiger partial charge on any atom is 0.387 e. The van der Waals surface area contributed by atoms with E-state index in [0.29, 0.717) is 18.8 Å². The molecule has 2 aromatic carbocycles. The molecule has 3 rings (SSSR count). The molecule has 0 radical (unpaired) electrons. The molecule has 2 aromatic rings. The molecule has 27 heavy (non-hydrogen) atoms. The number of amides is 3. The molecular weight excluding hydrogens is 356 g/mol. The Morgan fingerprint density at radius 3 is 2.52 bits per heavy atom. The Morgan fingerprint density at radius 2 is 1.85 bits per heavy atom. The zero-order chi connectivity index (χ0) is 19.2. The smallest absolute Gasteiger partial charge is 0.387 e. The molecule has 0 spiro atoms. The van der Waals surface area contributed by atoms with Crippen molar-refractivity contribution in [2.24, 2.45) is 0 Å². The molecule has 0 aromatic heterocycles. The van der Waals surface area contributed by atoms with E-state index in [0.717, 1.165) is 5.56 Å². The second kappa shape index (κ2) is 8.48. The van der Waals surface area contributed by atoms with Gasteiger partial charge in [0.05, 0.1) is 12.5 Å². The Morgan fingerprint density at radius 1 is 1.15 bits per heavy atom. The number of nitrogens with zero attached hydrogens (tertiary/aromatic N) is 1. The van der Waals surface area contributed by atoms with Crippen molar-refractivity contribution in [1.82, 2.24) is 10.2 Å². The number of carbonyl (C=O) groups is 2. The Labute approximate surface area is 155 Å². The SMILES string of the molecule is O=C1CC(c2ccccc2)N(C(=O)Nc2ccc(OC(F)F)cc2)CCN1. The minimum atomic E-state index is -2.90. The monoisotopic (exact) mass is 375 g/mol. The molecule has 6 nitrogen and oxygen atoms in total. The molecule has 1 saturated heterocycles. The van der Waals surface area contributed by atoms with Crippen LogP contribution in [0.5, 0.6) is 5.75 Å². The summed E-state index contributed by atoms with van der Waals surface area (Å²) in [6, 6.07) is 14.2. The summed E-state index contributed by atoms with van der Waals surface area (Å²) in [7, 11) is 0. The van der Waals surface area contributed by atoms with Crippen LogP contribution in [0.2, 0.25) is 0 Å². The highest BCUT2D eigenvalue weighted by molar-refractivity contribution is 5.90. The number of ether oxygens (including phenoxy) is 1. The molecule has 1 aliphatic heterocycles. The van der Waals surface area contributed by atoms with Gasteiger partial charge >= 0.3 is 12.6 Å². The number of benzene rings is 2. The molecule has 3 amide bonds. The third kappa shape index (κ3) is 4.93. The van der Waals surface area contributed by atoms with E-state index in [1.807, 2.05) is 30.3 Å². The van der Waals surface area contributed by atoms with E-state index in [-0.39, 0.29) is 24.1 Å². The van der Waals surface area contributed by atoms with Crippen LogP contribution in [0.1, 0.15) is 18.0 Å². The number of rotatable bonds is 4. The highest BCUT2D eigenvalue weighted by Gasteiger charge is 2.29. The van der Waals surface area contributed by atoms with Crippen molar-refractivity contribution in [2.45, 2.75) is 19.1 Å². The van der Waals surface area contributed by atoms with Crippen LogP contribution >= 0.6 is 0 Å². The fourth-order valence-corrected chi connectivity index (χ4v) is 2.96. The van der Waals surface area contributed by atoms with E-state index >= 15 is 0 Å². The molecule has 0 aliphatic carbocycles. The van der Waals surface area contributed by atoms with Crippen molar-refractivity contribution in [3.8, 4) is 5.75 Å². The predicted molar refractivity (Wildman–Crippen MR) is 95.6 cm³/mol. The number of alkyl halides is 2. The van der Waals surface area contributed by atoms with E-state index in [1.165, 1.54) is 24.3 Å². The number of urea groups is 1. The second-order valence-electron chi connectivity index (χ2n) is 6.01. The number of anilines is 1.